The van der Waals surface area contributed by atoms with Gasteiger partial charge < -0.3 is 10.2 Å². The van der Waals surface area contributed by atoms with Crippen molar-refractivity contribution in [2.45, 2.75) is 43.5 Å². The maximum atomic E-state index is 13.1. The highest BCUT2D eigenvalue weighted by atomic mass is 32.2. The summed E-state index contributed by atoms with van der Waals surface area (Å²) < 4.78 is 27.6. The second-order valence-electron chi connectivity index (χ2n) is 7.60. The number of likely N-dealkylation sites (N-methyl/N-ethyl adjacent to an activating group) is 1. The molecule has 0 spiro atoms. The minimum Gasteiger partial charge on any atom is -0.371 e. The molecule has 0 bridgehead atoms. The first kappa shape index (κ1) is 19.9. The number of hydrogen-bond acceptors (Lipinski definition) is 4. The van der Waals surface area contributed by atoms with Crippen molar-refractivity contribution < 1.29 is 13.2 Å². The molecule has 0 aromatic heterocycles. The Hall–Kier alpha value is -2.38. The van der Waals surface area contributed by atoms with Gasteiger partial charge in [0, 0.05) is 31.0 Å². The average molecular weight is 414 g/mol. The first-order chi connectivity index (χ1) is 14.0. The lowest BCUT2D eigenvalue weighted by Crippen LogP contribution is -2.49. The van der Waals surface area contributed by atoms with E-state index in [4.69, 9.17) is 0 Å². The number of rotatable bonds is 5. The van der Waals surface area contributed by atoms with Crippen molar-refractivity contribution in [1.29, 1.82) is 0 Å². The number of carbonyl (C=O) groups is 1. The van der Waals surface area contributed by atoms with E-state index < -0.39 is 16.1 Å². The molecule has 2 aliphatic rings. The topological polar surface area (TPSA) is 69.7 Å². The van der Waals surface area contributed by atoms with Gasteiger partial charge in [-0.05, 0) is 56.0 Å². The highest BCUT2D eigenvalue weighted by Gasteiger charge is 2.37. The van der Waals surface area contributed by atoms with Crippen LogP contribution in [-0.2, 0) is 21.2 Å². The maximum absolute atomic E-state index is 13.1. The van der Waals surface area contributed by atoms with Gasteiger partial charge in [0.2, 0.25) is 15.9 Å². The van der Waals surface area contributed by atoms with E-state index in [-0.39, 0.29) is 10.8 Å². The summed E-state index contributed by atoms with van der Waals surface area (Å²) in [5.41, 5.74) is 3.16. The second-order valence-corrected chi connectivity index (χ2v) is 9.49. The summed E-state index contributed by atoms with van der Waals surface area (Å²) in [6.07, 6.45) is 3.15. The zero-order valence-electron chi connectivity index (χ0n) is 16.7. The normalized spacial score (nSPS) is 19.8. The monoisotopic (exact) mass is 413 g/mol. The molecule has 6 nitrogen and oxygen atoms in total. The van der Waals surface area contributed by atoms with Gasteiger partial charge in [-0.15, -0.1) is 0 Å². The third kappa shape index (κ3) is 3.89. The van der Waals surface area contributed by atoms with Crippen molar-refractivity contribution in [2.24, 2.45) is 0 Å². The number of anilines is 2. The summed E-state index contributed by atoms with van der Waals surface area (Å²) >= 11 is 0. The van der Waals surface area contributed by atoms with Crippen molar-refractivity contribution in [2.75, 3.05) is 29.9 Å². The first-order valence-corrected chi connectivity index (χ1v) is 11.7. The third-order valence-electron chi connectivity index (χ3n) is 5.83. The number of amides is 1. The van der Waals surface area contributed by atoms with Crippen molar-refractivity contribution in [3.63, 3.8) is 0 Å². The molecule has 1 N–H and O–H groups in total. The fourth-order valence-corrected chi connectivity index (χ4v) is 5.94. The summed E-state index contributed by atoms with van der Waals surface area (Å²) in [6.45, 7) is 4.41. The lowest BCUT2D eigenvalue weighted by molar-refractivity contribution is -0.120. The molecular formula is C22H27N3O3S. The number of nitrogens with zero attached hydrogens (tertiary/aromatic N) is 2. The molecule has 1 amide bonds. The van der Waals surface area contributed by atoms with Crippen molar-refractivity contribution in [1.82, 2.24) is 4.31 Å². The molecular weight excluding hydrogens is 386 g/mol. The van der Waals surface area contributed by atoms with E-state index in [1.165, 1.54) is 9.87 Å². The van der Waals surface area contributed by atoms with Gasteiger partial charge >= 0.3 is 0 Å². The van der Waals surface area contributed by atoms with Crippen LogP contribution in [-0.4, -0.2) is 44.3 Å². The van der Waals surface area contributed by atoms with Gasteiger partial charge in [-0.1, -0.05) is 30.7 Å². The van der Waals surface area contributed by atoms with Crippen LogP contribution < -0.4 is 10.2 Å². The largest absolute Gasteiger partial charge is 0.371 e. The number of sulfonamides is 1. The fourth-order valence-electron chi connectivity index (χ4n) is 4.26. The van der Waals surface area contributed by atoms with E-state index >= 15 is 0 Å². The molecule has 4 rings (SSSR count). The van der Waals surface area contributed by atoms with Gasteiger partial charge in [-0.25, -0.2) is 8.42 Å². The average Bonchev–Trinajstić information content (AvgIpc) is 3.16. The van der Waals surface area contributed by atoms with Gasteiger partial charge in [-0.3, -0.25) is 4.79 Å². The summed E-state index contributed by atoms with van der Waals surface area (Å²) in [5.74, 6) is -0.259. The summed E-state index contributed by atoms with van der Waals surface area (Å²) in [6, 6.07) is 13.6. The Balaban J connectivity index is 1.56. The summed E-state index contributed by atoms with van der Waals surface area (Å²) in [5, 5.41) is 2.97. The molecule has 29 heavy (non-hydrogen) atoms. The molecule has 1 unspecified atom stereocenters. The molecule has 2 heterocycles. The third-order valence-corrected chi connectivity index (χ3v) is 7.75. The van der Waals surface area contributed by atoms with Gasteiger partial charge in [0.1, 0.15) is 6.04 Å². The molecule has 7 heteroatoms. The Morgan fingerprint density at radius 2 is 1.90 bits per heavy atom. The van der Waals surface area contributed by atoms with E-state index in [1.807, 2.05) is 12.1 Å². The lowest BCUT2D eigenvalue weighted by Gasteiger charge is -2.33. The molecule has 1 fully saturated rings. The highest BCUT2D eigenvalue weighted by Crippen LogP contribution is 2.31. The number of carbonyl (C=O) groups excluding carboxylic acids is 1. The summed E-state index contributed by atoms with van der Waals surface area (Å²) in [4.78, 5) is 15.6. The Morgan fingerprint density at radius 1 is 1.10 bits per heavy atom. The molecule has 2 aromatic carbocycles. The number of piperidine rings is 1. The van der Waals surface area contributed by atoms with Crippen LogP contribution in [0.25, 0.3) is 0 Å². The Morgan fingerprint density at radius 3 is 2.66 bits per heavy atom. The number of hydrogen-bond donors (Lipinski definition) is 1. The Bertz CT molecular complexity index is 992. The molecule has 154 valence electrons. The van der Waals surface area contributed by atoms with Gasteiger partial charge in [0.25, 0.3) is 0 Å². The van der Waals surface area contributed by atoms with Gasteiger partial charge in [0.15, 0.2) is 0 Å². The van der Waals surface area contributed by atoms with Crippen LogP contribution >= 0.6 is 0 Å². The number of nitrogens with one attached hydrogen (secondary N) is 1. The van der Waals surface area contributed by atoms with Crippen LogP contribution in [0.1, 0.15) is 31.7 Å². The van der Waals surface area contributed by atoms with Crippen LogP contribution in [0.3, 0.4) is 0 Å². The molecule has 1 saturated heterocycles. The molecule has 0 saturated carbocycles. The standard InChI is InChI=1S/C22H27N3O3S/c1-2-24-15-13-17-11-12-18(16-21(17)24)23-22(26)20-10-6-7-14-25(20)29(27,28)19-8-4-3-5-9-19/h3-5,8-9,11-12,16,20H,2,6-7,10,13-15H2,1H3,(H,23,26). The molecule has 0 radical (unpaired) electrons. The van der Waals surface area contributed by atoms with E-state index in [0.717, 1.165) is 43.7 Å². The van der Waals surface area contributed by atoms with E-state index in [1.54, 1.807) is 30.3 Å². The van der Waals surface area contributed by atoms with Crippen LogP contribution in [0.2, 0.25) is 0 Å². The van der Waals surface area contributed by atoms with Crippen LogP contribution in [0, 0.1) is 0 Å². The summed E-state index contributed by atoms with van der Waals surface area (Å²) in [7, 11) is -3.71. The van der Waals surface area contributed by atoms with Gasteiger partial charge in [-0.2, -0.15) is 4.31 Å². The minimum atomic E-state index is -3.71. The highest BCUT2D eigenvalue weighted by molar-refractivity contribution is 7.89. The zero-order chi connectivity index (χ0) is 20.4. The Labute approximate surface area is 172 Å². The van der Waals surface area contributed by atoms with E-state index in [0.29, 0.717) is 13.0 Å². The van der Waals surface area contributed by atoms with E-state index in [2.05, 4.69) is 23.2 Å². The Kier molecular flexibility index (Phi) is 5.61. The number of fused-ring (bicyclic) bond motifs is 1. The minimum absolute atomic E-state index is 0.232. The quantitative estimate of drug-likeness (QED) is 0.817. The second kappa shape index (κ2) is 8.16. The lowest BCUT2D eigenvalue weighted by atomic mass is 10.0. The zero-order valence-corrected chi connectivity index (χ0v) is 17.5. The van der Waals surface area contributed by atoms with Crippen molar-refractivity contribution in [3.8, 4) is 0 Å². The first-order valence-electron chi connectivity index (χ1n) is 10.3. The SMILES string of the molecule is CCN1CCc2ccc(NC(=O)C3CCCCN3S(=O)(=O)c3ccccc3)cc21. The van der Waals surface area contributed by atoms with Crippen LogP contribution in [0.15, 0.2) is 53.4 Å². The predicted molar refractivity (Wildman–Crippen MR) is 115 cm³/mol. The van der Waals surface area contributed by atoms with Gasteiger partial charge in [0.05, 0.1) is 4.90 Å². The molecule has 0 aliphatic carbocycles. The van der Waals surface area contributed by atoms with Crippen molar-refractivity contribution in [3.05, 3.63) is 54.1 Å². The molecule has 2 aromatic rings. The van der Waals surface area contributed by atoms with E-state index in [9.17, 15) is 13.2 Å². The number of benzene rings is 2. The fraction of sp³-hybridized carbons (Fsp3) is 0.409. The molecule has 2 aliphatic heterocycles. The molecule has 1 atom stereocenters. The van der Waals surface area contributed by atoms with Crippen LogP contribution in [0.4, 0.5) is 11.4 Å². The van der Waals surface area contributed by atoms with Crippen molar-refractivity contribution >= 4 is 27.3 Å². The predicted octanol–water partition coefficient (Wildman–Crippen LogP) is 3.25. The smallest absolute Gasteiger partial charge is 0.243 e. The maximum Gasteiger partial charge on any atom is 0.243 e. The van der Waals surface area contributed by atoms with Crippen LogP contribution in [0.5, 0.6) is 0 Å².